The zero-order valence-corrected chi connectivity index (χ0v) is 16.1. The first kappa shape index (κ1) is 21.2. The first-order chi connectivity index (χ1) is 13.6. The van der Waals surface area contributed by atoms with Gasteiger partial charge in [-0.1, -0.05) is 11.6 Å². The quantitative estimate of drug-likeness (QED) is 0.668. The van der Waals surface area contributed by atoms with Crippen molar-refractivity contribution in [2.75, 3.05) is 18.4 Å². The minimum absolute atomic E-state index is 0.136. The maximum atomic E-state index is 12.6. The average Bonchev–Trinajstić information content (AvgIpc) is 3.31. The van der Waals surface area contributed by atoms with E-state index in [0.717, 1.165) is 12.8 Å². The third-order valence-electron chi connectivity index (χ3n) is 4.65. The van der Waals surface area contributed by atoms with E-state index in [0.29, 0.717) is 12.1 Å². The van der Waals surface area contributed by atoms with E-state index in [1.807, 2.05) is 5.32 Å². The van der Waals surface area contributed by atoms with Crippen LogP contribution in [0.1, 0.15) is 36.0 Å². The van der Waals surface area contributed by atoms with E-state index in [1.165, 1.54) is 23.1 Å². The summed E-state index contributed by atoms with van der Waals surface area (Å²) in [7, 11) is 0. The third kappa shape index (κ3) is 5.75. The highest BCUT2D eigenvalue weighted by atomic mass is 35.5. The Labute approximate surface area is 169 Å². The van der Waals surface area contributed by atoms with Crippen molar-refractivity contribution in [2.24, 2.45) is 0 Å². The van der Waals surface area contributed by atoms with Gasteiger partial charge in [-0.3, -0.25) is 9.59 Å². The second-order valence-corrected chi connectivity index (χ2v) is 7.46. The smallest absolute Gasteiger partial charge is 0.349 e. The summed E-state index contributed by atoms with van der Waals surface area (Å²) in [4.78, 5) is 38.0. The van der Waals surface area contributed by atoms with Crippen LogP contribution in [0, 0.1) is 0 Å². The molecular weight excluding hydrogens is 413 g/mol. The molecule has 11 heteroatoms. The minimum atomic E-state index is -4.53. The molecule has 4 amide bonds. The van der Waals surface area contributed by atoms with E-state index in [-0.39, 0.29) is 35.5 Å². The SMILES string of the molecule is O=C(NC1CC1)c1cc(NC(=O)N2CCCC2C(=O)NCC(F)(F)F)ccc1Cl. The molecule has 0 spiro atoms. The monoisotopic (exact) mass is 432 g/mol. The van der Waals surface area contributed by atoms with Crippen LogP contribution in [-0.2, 0) is 4.79 Å². The first-order valence-electron chi connectivity index (χ1n) is 9.16. The largest absolute Gasteiger partial charge is 0.405 e. The van der Waals surface area contributed by atoms with Crippen molar-refractivity contribution < 1.29 is 27.6 Å². The number of nitrogens with one attached hydrogen (secondary N) is 3. The number of halogens is 4. The number of benzene rings is 1. The lowest BCUT2D eigenvalue weighted by Gasteiger charge is -2.24. The second kappa shape index (κ2) is 8.48. The number of urea groups is 1. The molecule has 1 saturated carbocycles. The van der Waals surface area contributed by atoms with Crippen LogP contribution in [0.25, 0.3) is 0 Å². The van der Waals surface area contributed by atoms with Crippen molar-refractivity contribution in [3.63, 3.8) is 0 Å². The maximum Gasteiger partial charge on any atom is 0.405 e. The first-order valence-corrected chi connectivity index (χ1v) is 9.54. The average molecular weight is 433 g/mol. The Morgan fingerprint density at radius 2 is 1.90 bits per heavy atom. The maximum absolute atomic E-state index is 12.6. The summed E-state index contributed by atoms with van der Waals surface area (Å²) in [6, 6.07) is 2.91. The fourth-order valence-electron chi connectivity index (χ4n) is 3.05. The summed E-state index contributed by atoms with van der Waals surface area (Å²) in [5.74, 6) is -1.20. The summed E-state index contributed by atoms with van der Waals surface area (Å²) >= 11 is 6.07. The molecule has 0 aromatic heterocycles. The van der Waals surface area contributed by atoms with E-state index in [9.17, 15) is 27.6 Å². The number of anilines is 1. The highest BCUT2D eigenvalue weighted by Gasteiger charge is 2.36. The molecule has 2 fully saturated rings. The van der Waals surface area contributed by atoms with Crippen molar-refractivity contribution in [1.29, 1.82) is 0 Å². The van der Waals surface area contributed by atoms with Crippen LogP contribution in [0.4, 0.5) is 23.7 Å². The Bertz CT molecular complexity index is 814. The van der Waals surface area contributed by atoms with Crippen molar-refractivity contribution in [1.82, 2.24) is 15.5 Å². The molecule has 1 heterocycles. The fraction of sp³-hybridized carbons (Fsp3) is 0.500. The van der Waals surface area contributed by atoms with Gasteiger partial charge in [0.1, 0.15) is 12.6 Å². The Hall–Kier alpha value is -2.49. The highest BCUT2D eigenvalue weighted by molar-refractivity contribution is 6.34. The Kier molecular flexibility index (Phi) is 6.21. The van der Waals surface area contributed by atoms with Crippen LogP contribution in [0.2, 0.25) is 5.02 Å². The molecular formula is C18H20ClF3N4O3. The highest BCUT2D eigenvalue weighted by Crippen LogP contribution is 2.25. The zero-order valence-electron chi connectivity index (χ0n) is 15.3. The van der Waals surface area contributed by atoms with E-state index in [1.54, 1.807) is 0 Å². The van der Waals surface area contributed by atoms with Gasteiger partial charge >= 0.3 is 12.2 Å². The van der Waals surface area contributed by atoms with E-state index < -0.39 is 30.7 Å². The van der Waals surface area contributed by atoms with Crippen LogP contribution < -0.4 is 16.0 Å². The molecule has 1 aromatic rings. The van der Waals surface area contributed by atoms with Crippen LogP contribution in [0.5, 0.6) is 0 Å². The molecule has 3 N–H and O–H groups in total. The number of hydrogen-bond donors (Lipinski definition) is 3. The lowest BCUT2D eigenvalue weighted by Crippen LogP contribution is -2.49. The minimum Gasteiger partial charge on any atom is -0.349 e. The van der Waals surface area contributed by atoms with Crippen molar-refractivity contribution >= 4 is 35.1 Å². The van der Waals surface area contributed by atoms with Gasteiger partial charge in [-0.05, 0) is 43.9 Å². The number of alkyl halides is 3. The van der Waals surface area contributed by atoms with Crippen LogP contribution in [0.15, 0.2) is 18.2 Å². The molecule has 1 atom stereocenters. The number of carbonyl (C=O) groups excluding carboxylic acids is 3. The van der Waals surface area contributed by atoms with E-state index in [2.05, 4.69) is 10.6 Å². The molecule has 158 valence electrons. The van der Waals surface area contributed by atoms with Gasteiger partial charge in [0.2, 0.25) is 5.91 Å². The lowest BCUT2D eigenvalue weighted by molar-refractivity contribution is -0.140. The Morgan fingerprint density at radius 3 is 2.55 bits per heavy atom. The molecule has 29 heavy (non-hydrogen) atoms. The molecule has 0 radical (unpaired) electrons. The number of carbonyl (C=O) groups is 3. The normalized spacial score (nSPS) is 19.0. The topological polar surface area (TPSA) is 90.5 Å². The number of rotatable bonds is 5. The van der Waals surface area contributed by atoms with Gasteiger partial charge in [0.05, 0.1) is 10.6 Å². The summed E-state index contributed by atoms with van der Waals surface area (Å²) < 4.78 is 36.9. The van der Waals surface area contributed by atoms with Gasteiger partial charge in [-0.2, -0.15) is 13.2 Å². The van der Waals surface area contributed by atoms with Crippen LogP contribution >= 0.6 is 11.6 Å². The van der Waals surface area contributed by atoms with Gasteiger partial charge in [-0.25, -0.2) is 4.79 Å². The predicted molar refractivity (Wildman–Crippen MR) is 99.8 cm³/mol. The van der Waals surface area contributed by atoms with E-state index in [4.69, 9.17) is 11.6 Å². The third-order valence-corrected chi connectivity index (χ3v) is 4.98. The van der Waals surface area contributed by atoms with Gasteiger partial charge in [0, 0.05) is 18.3 Å². The summed E-state index contributed by atoms with van der Waals surface area (Å²) in [6.07, 6.45) is -1.94. The van der Waals surface area contributed by atoms with Gasteiger partial charge in [0.25, 0.3) is 5.91 Å². The van der Waals surface area contributed by atoms with Crippen molar-refractivity contribution in [2.45, 2.75) is 43.9 Å². The summed E-state index contributed by atoms with van der Waals surface area (Å²) in [5, 5.41) is 7.42. The van der Waals surface area contributed by atoms with Gasteiger partial charge in [0.15, 0.2) is 0 Å². The van der Waals surface area contributed by atoms with Crippen molar-refractivity contribution in [3.8, 4) is 0 Å². The molecule has 1 aromatic carbocycles. The number of likely N-dealkylation sites (tertiary alicyclic amines) is 1. The predicted octanol–water partition coefficient (Wildman–Crippen LogP) is 2.91. The molecule has 1 saturated heterocycles. The van der Waals surface area contributed by atoms with Crippen molar-refractivity contribution in [3.05, 3.63) is 28.8 Å². The molecule has 1 aliphatic carbocycles. The molecule has 2 aliphatic rings. The number of amides is 4. The Balaban J connectivity index is 1.64. The van der Waals surface area contributed by atoms with Gasteiger partial charge in [-0.15, -0.1) is 0 Å². The van der Waals surface area contributed by atoms with Crippen LogP contribution in [0.3, 0.4) is 0 Å². The standard InChI is InChI=1S/C18H20ClF3N4O3/c19-13-6-5-11(8-12(13)15(27)24-10-3-4-10)25-17(29)26-7-1-2-14(26)16(28)23-9-18(20,21)22/h5-6,8,10,14H,1-4,7,9H2,(H,23,28)(H,24,27)(H,25,29). The second-order valence-electron chi connectivity index (χ2n) is 7.06. The number of nitrogens with zero attached hydrogens (tertiary/aromatic N) is 1. The summed E-state index contributed by atoms with van der Waals surface area (Å²) in [6.45, 7) is -1.22. The van der Waals surface area contributed by atoms with Gasteiger partial charge < -0.3 is 20.9 Å². The number of hydrogen-bond acceptors (Lipinski definition) is 3. The Morgan fingerprint density at radius 1 is 1.17 bits per heavy atom. The summed E-state index contributed by atoms with van der Waals surface area (Å²) in [5.41, 5.74) is 0.499. The molecule has 3 rings (SSSR count). The molecule has 1 aliphatic heterocycles. The fourth-order valence-corrected chi connectivity index (χ4v) is 3.25. The molecule has 0 bridgehead atoms. The van der Waals surface area contributed by atoms with Crippen LogP contribution in [-0.4, -0.2) is 54.1 Å². The molecule has 7 nitrogen and oxygen atoms in total. The zero-order chi connectivity index (χ0) is 21.2. The van der Waals surface area contributed by atoms with E-state index >= 15 is 0 Å². The lowest BCUT2D eigenvalue weighted by atomic mass is 10.2. The molecule has 1 unspecified atom stereocenters.